The van der Waals surface area contributed by atoms with E-state index in [1.54, 1.807) is 18.2 Å². The molecule has 0 saturated heterocycles. The summed E-state index contributed by atoms with van der Waals surface area (Å²) in [4.78, 5) is 34.9. The SMILES string of the molecule is Cc1cccc(N(C)C(=O)N[C@H](CC(N)=O)C(=O)O)c1. The average Bonchev–Trinajstić information content (AvgIpc) is 2.36. The minimum atomic E-state index is -1.34. The molecule has 1 atom stereocenters. The molecule has 0 radical (unpaired) electrons. The number of carboxylic acids is 1. The molecule has 7 nitrogen and oxygen atoms in total. The van der Waals surface area contributed by atoms with E-state index < -0.39 is 30.4 Å². The lowest BCUT2D eigenvalue weighted by molar-refractivity contribution is -0.140. The lowest BCUT2D eigenvalue weighted by Gasteiger charge is -2.21. The molecule has 0 aromatic heterocycles. The Labute approximate surface area is 116 Å². The summed E-state index contributed by atoms with van der Waals surface area (Å²) in [6, 6.07) is 5.20. The molecule has 0 aliphatic carbocycles. The van der Waals surface area contributed by atoms with Gasteiger partial charge in [0.15, 0.2) is 0 Å². The van der Waals surface area contributed by atoms with Crippen LogP contribution in [-0.2, 0) is 9.59 Å². The van der Waals surface area contributed by atoms with E-state index >= 15 is 0 Å². The van der Waals surface area contributed by atoms with E-state index in [1.807, 2.05) is 13.0 Å². The summed E-state index contributed by atoms with van der Waals surface area (Å²) in [7, 11) is 1.51. The summed E-state index contributed by atoms with van der Waals surface area (Å²) in [6.45, 7) is 1.88. The van der Waals surface area contributed by atoms with Gasteiger partial charge in [0.05, 0.1) is 6.42 Å². The fourth-order valence-corrected chi connectivity index (χ4v) is 1.60. The number of amides is 3. The molecule has 0 aliphatic heterocycles. The number of hydrogen-bond acceptors (Lipinski definition) is 3. The summed E-state index contributed by atoms with van der Waals surface area (Å²) >= 11 is 0. The van der Waals surface area contributed by atoms with Crippen LogP contribution >= 0.6 is 0 Å². The Morgan fingerprint density at radius 1 is 1.40 bits per heavy atom. The molecule has 4 N–H and O–H groups in total. The summed E-state index contributed by atoms with van der Waals surface area (Å²) in [5.74, 6) is -2.11. The summed E-state index contributed by atoms with van der Waals surface area (Å²) in [6.07, 6.45) is -0.456. The van der Waals surface area contributed by atoms with Gasteiger partial charge in [-0.2, -0.15) is 0 Å². The lowest BCUT2D eigenvalue weighted by Crippen LogP contribution is -2.48. The Kier molecular flexibility index (Phi) is 5.08. The third-order valence-electron chi connectivity index (χ3n) is 2.69. The van der Waals surface area contributed by atoms with Gasteiger partial charge in [0, 0.05) is 12.7 Å². The van der Waals surface area contributed by atoms with Crippen molar-refractivity contribution in [2.24, 2.45) is 5.73 Å². The lowest BCUT2D eigenvalue weighted by atomic mass is 10.2. The van der Waals surface area contributed by atoms with Crippen LogP contribution in [0.4, 0.5) is 10.5 Å². The molecule has 0 fully saturated rings. The number of primary amides is 1. The maximum absolute atomic E-state index is 12.0. The third-order valence-corrected chi connectivity index (χ3v) is 2.69. The van der Waals surface area contributed by atoms with Crippen molar-refractivity contribution in [2.45, 2.75) is 19.4 Å². The zero-order chi connectivity index (χ0) is 15.3. The van der Waals surface area contributed by atoms with Crippen molar-refractivity contribution in [3.05, 3.63) is 29.8 Å². The molecule has 0 saturated carbocycles. The molecule has 1 aromatic rings. The predicted octanol–water partition coefficient (Wildman–Crippen LogP) is 0.469. The first-order valence-electron chi connectivity index (χ1n) is 5.93. The van der Waals surface area contributed by atoms with Crippen molar-refractivity contribution in [1.29, 1.82) is 0 Å². The molecule has 108 valence electrons. The van der Waals surface area contributed by atoms with Gasteiger partial charge < -0.3 is 16.2 Å². The Hall–Kier alpha value is -2.57. The highest BCUT2D eigenvalue weighted by Crippen LogP contribution is 2.14. The van der Waals surface area contributed by atoms with Crippen molar-refractivity contribution < 1.29 is 19.5 Å². The van der Waals surface area contributed by atoms with Crippen LogP contribution in [-0.4, -0.2) is 36.1 Å². The quantitative estimate of drug-likeness (QED) is 0.727. The van der Waals surface area contributed by atoms with Gasteiger partial charge in [-0.05, 0) is 24.6 Å². The molecule has 20 heavy (non-hydrogen) atoms. The van der Waals surface area contributed by atoms with Gasteiger partial charge >= 0.3 is 12.0 Å². The molecule has 1 aromatic carbocycles. The largest absolute Gasteiger partial charge is 0.480 e. The number of carboxylic acid groups (broad SMARTS) is 1. The summed E-state index contributed by atoms with van der Waals surface area (Å²) < 4.78 is 0. The number of carbonyl (C=O) groups is 3. The van der Waals surface area contributed by atoms with E-state index in [0.717, 1.165) is 5.56 Å². The van der Waals surface area contributed by atoms with E-state index in [2.05, 4.69) is 5.32 Å². The number of urea groups is 1. The second-order valence-electron chi connectivity index (χ2n) is 4.41. The molecular weight excluding hydrogens is 262 g/mol. The minimum Gasteiger partial charge on any atom is -0.480 e. The smallest absolute Gasteiger partial charge is 0.326 e. The molecule has 1 rings (SSSR count). The topological polar surface area (TPSA) is 113 Å². The molecule has 0 aliphatic rings. The van der Waals surface area contributed by atoms with Crippen LogP contribution in [0.1, 0.15) is 12.0 Å². The van der Waals surface area contributed by atoms with E-state index in [-0.39, 0.29) is 0 Å². The van der Waals surface area contributed by atoms with Crippen molar-refractivity contribution in [2.75, 3.05) is 11.9 Å². The Bertz CT molecular complexity index is 530. The standard InChI is InChI=1S/C13H17N3O4/c1-8-4-3-5-9(6-8)16(2)13(20)15-10(12(18)19)7-11(14)17/h3-6,10H,7H2,1-2H3,(H2,14,17)(H,15,20)(H,18,19)/t10-/m1/s1. The Balaban J connectivity index is 2.78. The molecule has 0 unspecified atom stereocenters. The highest BCUT2D eigenvalue weighted by molar-refractivity contribution is 5.95. The van der Waals surface area contributed by atoms with E-state index in [1.165, 1.54) is 11.9 Å². The van der Waals surface area contributed by atoms with E-state index in [0.29, 0.717) is 5.69 Å². The van der Waals surface area contributed by atoms with E-state index in [9.17, 15) is 14.4 Å². The second-order valence-corrected chi connectivity index (χ2v) is 4.41. The molecule has 0 bridgehead atoms. The van der Waals surface area contributed by atoms with Gasteiger partial charge in [-0.1, -0.05) is 12.1 Å². The van der Waals surface area contributed by atoms with Gasteiger partial charge in [-0.3, -0.25) is 9.69 Å². The first-order chi connectivity index (χ1) is 9.31. The number of rotatable bonds is 5. The highest BCUT2D eigenvalue weighted by Gasteiger charge is 2.24. The summed E-state index contributed by atoms with van der Waals surface area (Å²) in [5, 5.41) is 11.2. The van der Waals surface area contributed by atoms with Crippen molar-refractivity contribution in [3.8, 4) is 0 Å². The number of aryl methyl sites for hydroxylation is 1. The number of carbonyl (C=O) groups excluding carboxylic acids is 2. The van der Waals surface area contributed by atoms with Crippen LogP contribution in [0.25, 0.3) is 0 Å². The predicted molar refractivity (Wildman–Crippen MR) is 73.3 cm³/mol. The van der Waals surface area contributed by atoms with Crippen LogP contribution in [0, 0.1) is 6.92 Å². The normalized spacial score (nSPS) is 11.5. The first-order valence-corrected chi connectivity index (χ1v) is 5.93. The van der Waals surface area contributed by atoms with Crippen LogP contribution in [0.3, 0.4) is 0 Å². The number of benzene rings is 1. The number of nitrogens with one attached hydrogen (secondary N) is 1. The van der Waals surface area contributed by atoms with Gasteiger partial charge in [-0.15, -0.1) is 0 Å². The first kappa shape index (κ1) is 15.5. The van der Waals surface area contributed by atoms with Crippen molar-refractivity contribution in [3.63, 3.8) is 0 Å². The molecule has 0 heterocycles. The van der Waals surface area contributed by atoms with Gasteiger partial charge in [-0.25, -0.2) is 9.59 Å². The maximum atomic E-state index is 12.0. The van der Waals surface area contributed by atoms with Crippen LogP contribution in [0.2, 0.25) is 0 Å². The van der Waals surface area contributed by atoms with Crippen molar-refractivity contribution in [1.82, 2.24) is 5.32 Å². The number of nitrogens with two attached hydrogens (primary N) is 1. The average molecular weight is 279 g/mol. The zero-order valence-electron chi connectivity index (χ0n) is 11.3. The molecular formula is C13H17N3O4. The van der Waals surface area contributed by atoms with Crippen LogP contribution in [0.5, 0.6) is 0 Å². The maximum Gasteiger partial charge on any atom is 0.326 e. The fraction of sp³-hybridized carbons (Fsp3) is 0.308. The van der Waals surface area contributed by atoms with Gasteiger partial charge in [0.25, 0.3) is 0 Å². The number of nitrogens with zero attached hydrogens (tertiary/aromatic N) is 1. The Morgan fingerprint density at radius 2 is 2.05 bits per heavy atom. The second kappa shape index (κ2) is 6.55. The summed E-state index contributed by atoms with van der Waals surface area (Å²) in [5.41, 5.74) is 6.53. The van der Waals surface area contributed by atoms with Crippen LogP contribution in [0.15, 0.2) is 24.3 Å². The molecule has 0 spiro atoms. The van der Waals surface area contributed by atoms with Gasteiger partial charge in [0.2, 0.25) is 5.91 Å². The molecule has 3 amide bonds. The minimum absolute atomic E-state index is 0.456. The highest BCUT2D eigenvalue weighted by atomic mass is 16.4. The van der Waals surface area contributed by atoms with Crippen molar-refractivity contribution >= 4 is 23.6 Å². The Morgan fingerprint density at radius 3 is 2.55 bits per heavy atom. The van der Waals surface area contributed by atoms with Crippen LogP contribution < -0.4 is 16.0 Å². The number of hydrogen-bond donors (Lipinski definition) is 3. The van der Waals surface area contributed by atoms with E-state index in [4.69, 9.17) is 10.8 Å². The monoisotopic (exact) mass is 279 g/mol. The number of aliphatic carboxylic acids is 1. The zero-order valence-corrected chi connectivity index (χ0v) is 11.3. The number of anilines is 1. The third kappa shape index (κ3) is 4.27. The molecule has 7 heteroatoms. The van der Waals surface area contributed by atoms with Gasteiger partial charge in [0.1, 0.15) is 6.04 Å². The fourth-order valence-electron chi connectivity index (χ4n) is 1.60.